The topological polar surface area (TPSA) is 61.9 Å². The molecule has 1 aromatic carbocycles. The van der Waals surface area contributed by atoms with E-state index >= 15 is 0 Å². The highest BCUT2D eigenvalue weighted by Crippen LogP contribution is 2.21. The van der Waals surface area contributed by atoms with Gasteiger partial charge in [0.2, 0.25) is 4.85 Å². The molecule has 0 atom stereocenters. The second-order valence-corrected chi connectivity index (χ2v) is 4.10. The van der Waals surface area contributed by atoms with E-state index in [-0.39, 0.29) is 12.3 Å². The standard InChI is InChI=1S/C10H7Cl2N4O/c11-7-1-2-8(9(12)3-7)10(15-17)4-16-6-13-5-14-16/h1-3,5-6H,4H2/q+1. The maximum absolute atomic E-state index is 10.8. The van der Waals surface area contributed by atoms with E-state index in [1.807, 2.05) is 0 Å². The summed E-state index contributed by atoms with van der Waals surface area (Å²) in [5.74, 6) is 0. The van der Waals surface area contributed by atoms with Gasteiger partial charge in [-0.25, -0.2) is 9.67 Å². The van der Waals surface area contributed by atoms with Crippen molar-refractivity contribution < 1.29 is 0 Å². The molecule has 2 rings (SSSR count). The van der Waals surface area contributed by atoms with Gasteiger partial charge >= 0.3 is 5.71 Å². The molecule has 0 aliphatic heterocycles. The first-order valence-electron chi connectivity index (χ1n) is 4.67. The van der Waals surface area contributed by atoms with Gasteiger partial charge in [0.05, 0.1) is 10.6 Å². The molecule has 17 heavy (non-hydrogen) atoms. The van der Waals surface area contributed by atoms with Crippen LogP contribution in [0.25, 0.3) is 0 Å². The molecule has 0 aliphatic rings. The Labute approximate surface area is 107 Å². The van der Waals surface area contributed by atoms with Crippen LogP contribution in [0, 0.1) is 4.91 Å². The molecule has 0 N–H and O–H groups in total. The van der Waals surface area contributed by atoms with Gasteiger partial charge in [-0.1, -0.05) is 23.2 Å². The third-order valence-corrected chi connectivity index (χ3v) is 2.68. The lowest BCUT2D eigenvalue weighted by atomic mass is 10.1. The molecule has 0 radical (unpaired) electrons. The molecule has 0 saturated carbocycles. The van der Waals surface area contributed by atoms with E-state index in [0.717, 1.165) is 0 Å². The van der Waals surface area contributed by atoms with E-state index in [1.165, 1.54) is 17.3 Å². The van der Waals surface area contributed by atoms with E-state index in [0.29, 0.717) is 15.6 Å². The first-order chi connectivity index (χ1) is 8.20. The predicted molar refractivity (Wildman–Crippen MR) is 66.1 cm³/mol. The first kappa shape index (κ1) is 11.8. The van der Waals surface area contributed by atoms with Crippen molar-refractivity contribution in [3.8, 4) is 0 Å². The summed E-state index contributed by atoms with van der Waals surface area (Å²) in [6.07, 6.45) is 2.88. The van der Waals surface area contributed by atoms with Gasteiger partial charge in [-0.05, 0) is 18.2 Å². The predicted octanol–water partition coefficient (Wildman–Crippen LogP) is 1.91. The number of benzene rings is 1. The second kappa shape index (κ2) is 5.10. The molecule has 0 amide bonds. The molecule has 0 spiro atoms. The molecule has 0 saturated heterocycles. The van der Waals surface area contributed by atoms with E-state index in [4.69, 9.17) is 23.2 Å². The van der Waals surface area contributed by atoms with Crippen LogP contribution in [0.15, 0.2) is 30.9 Å². The number of rotatable bonds is 3. The number of hydrogen-bond acceptors (Lipinski definition) is 3. The van der Waals surface area contributed by atoms with Crippen LogP contribution in [0.1, 0.15) is 5.56 Å². The normalized spacial score (nSPS) is 10.0. The fourth-order valence-electron chi connectivity index (χ4n) is 1.35. The highest BCUT2D eigenvalue weighted by molar-refractivity contribution is 6.37. The van der Waals surface area contributed by atoms with Gasteiger partial charge in [-0.2, -0.15) is 5.10 Å². The summed E-state index contributed by atoms with van der Waals surface area (Å²) < 4.78 is 1.49. The van der Waals surface area contributed by atoms with Crippen molar-refractivity contribution in [3.63, 3.8) is 0 Å². The van der Waals surface area contributed by atoms with Gasteiger partial charge in [0.25, 0.3) is 0 Å². The summed E-state index contributed by atoms with van der Waals surface area (Å²) in [6, 6.07) is 4.86. The lowest BCUT2D eigenvalue weighted by molar-refractivity contribution is 0.721. The SMILES string of the molecule is O=[N+]=C(Cn1cncn1)c1ccc(Cl)cc1Cl. The summed E-state index contributed by atoms with van der Waals surface area (Å²) in [5, 5.41) is 4.78. The lowest BCUT2D eigenvalue weighted by Crippen LogP contribution is -2.14. The van der Waals surface area contributed by atoms with Gasteiger partial charge in [-0.3, -0.25) is 0 Å². The summed E-state index contributed by atoms with van der Waals surface area (Å²) in [4.78, 5) is 17.6. The zero-order valence-corrected chi connectivity index (χ0v) is 10.1. The van der Waals surface area contributed by atoms with Crippen molar-refractivity contribution in [3.05, 3.63) is 51.4 Å². The Bertz CT molecular complexity index is 576. The Balaban J connectivity index is 2.33. The molecule has 0 fully saturated rings. The highest BCUT2D eigenvalue weighted by atomic mass is 35.5. The van der Waals surface area contributed by atoms with Gasteiger partial charge < -0.3 is 0 Å². The maximum Gasteiger partial charge on any atom is 0.402 e. The lowest BCUT2D eigenvalue weighted by Gasteiger charge is -1.98. The average molecular weight is 270 g/mol. The minimum atomic E-state index is 0.213. The van der Waals surface area contributed by atoms with E-state index in [9.17, 15) is 4.91 Å². The fraction of sp³-hybridized carbons (Fsp3) is 0.100. The maximum atomic E-state index is 10.8. The Morgan fingerprint density at radius 3 is 2.82 bits per heavy atom. The Morgan fingerprint density at radius 1 is 1.41 bits per heavy atom. The molecule has 7 heteroatoms. The first-order valence-corrected chi connectivity index (χ1v) is 5.43. The van der Waals surface area contributed by atoms with Crippen LogP contribution in [-0.2, 0) is 6.54 Å². The van der Waals surface area contributed by atoms with Crippen LogP contribution in [0.3, 0.4) is 0 Å². The summed E-state index contributed by atoms with van der Waals surface area (Å²) in [7, 11) is 0. The fourth-order valence-corrected chi connectivity index (χ4v) is 1.87. The molecule has 5 nitrogen and oxygen atoms in total. The third-order valence-electron chi connectivity index (χ3n) is 2.13. The van der Waals surface area contributed by atoms with Crippen molar-refractivity contribution in [1.82, 2.24) is 19.6 Å². The zero-order valence-electron chi connectivity index (χ0n) is 8.55. The molecular weight excluding hydrogens is 263 g/mol. The van der Waals surface area contributed by atoms with Crippen molar-refractivity contribution in [1.29, 1.82) is 0 Å². The molecule has 0 bridgehead atoms. The van der Waals surface area contributed by atoms with Gasteiger partial charge in [0, 0.05) is 5.02 Å². The monoisotopic (exact) mass is 269 g/mol. The van der Waals surface area contributed by atoms with Gasteiger partial charge in [0.15, 0.2) is 11.5 Å². The Morgan fingerprint density at radius 2 is 2.24 bits per heavy atom. The largest absolute Gasteiger partial charge is 0.402 e. The summed E-state index contributed by atoms with van der Waals surface area (Å²) in [5.41, 5.74) is 0.818. The molecule has 1 aromatic heterocycles. The molecule has 1 heterocycles. The minimum absolute atomic E-state index is 0.213. The number of nitroso groups, excluding NO2 is 1. The molecule has 86 valence electrons. The van der Waals surface area contributed by atoms with Crippen molar-refractivity contribution in [2.75, 3.05) is 0 Å². The van der Waals surface area contributed by atoms with Crippen LogP contribution in [-0.4, -0.2) is 20.5 Å². The number of nitrogens with zero attached hydrogens (tertiary/aromatic N) is 4. The number of hydrogen-bond donors (Lipinski definition) is 0. The Hall–Kier alpha value is -1.68. The minimum Gasteiger partial charge on any atom is -0.241 e. The van der Waals surface area contributed by atoms with Crippen molar-refractivity contribution in [2.24, 2.45) is 0 Å². The highest BCUT2D eigenvalue weighted by Gasteiger charge is 2.21. The van der Waals surface area contributed by atoms with Crippen LogP contribution in [0.5, 0.6) is 0 Å². The van der Waals surface area contributed by atoms with Crippen LogP contribution in [0.2, 0.25) is 10.0 Å². The van der Waals surface area contributed by atoms with E-state index < -0.39 is 0 Å². The van der Waals surface area contributed by atoms with Gasteiger partial charge in [-0.15, -0.1) is 0 Å². The summed E-state index contributed by atoms with van der Waals surface area (Å²) >= 11 is 11.8. The van der Waals surface area contributed by atoms with Crippen molar-refractivity contribution >= 4 is 28.9 Å². The number of halogens is 2. The van der Waals surface area contributed by atoms with Gasteiger partial charge in [0.1, 0.15) is 12.7 Å². The van der Waals surface area contributed by atoms with Crippen LogP contribution in [0.4, 0.5) is 0 Å². The molecule has 2 aromatic rings. The molecule has 0 unspecified atom stereocenters. The third kappa shape index (κ3) is 2.71. The average Bonchev–Trinajstić information content (AvgIpc) is 2.79. The second-order valence-electron chi connectivity index (χ2n) is 3.26. The molecule has 0 aliphatic carbocycles. The smallest absolute Gasteiger partial charge is 0.241 e. The quantitative estimate of drug-likeness (QED) is 0.632. The molecular formula is C10H7Cl2N4O+. The van der Waals surface area contributed by atoms with E-state index in [2.05, 4.69) is 14.9 Å². The van der Waals surface area contributed by atoms with Crippen LogP contribution >= 0.6 is 23.2 Å². The zero-order chi connectivity index (χ0) is 12.3. The summed E-state index contributed by atoms with van der Waals surface area (Å²) in [6.45, 7) is 0.213. The number of aromatic nitrogens is 3. The Kier molecular flexibility index (Phi) is 3.54. The van der Waals surface area contributed by atoms with E-state index in [1.54, 1.807) is 18.2 Å². The van der Waals surface area contributed by atoms with Crippen LogP contribution < -0.4 is 4.85 Å². The van der Waals surface area contributed by atoms with Crippen molar-refractivity contribution in [2.45, 2.75) is 6.54 Å².